The van der Waals surface area contributed by atoms with Gasteiger partial charge in [0.15, 0.2) is 0 Å². The summed E-state index contributed by atoms with van der Waals surface area (Å²) in [7, 11) is 0. The van der Waals surface area contributed by atoms with Gasteiger partial charge in [-0.05, 0) is 23.3 Å². The zero-order valence-electron chi connectivity index (χ0n) is 13.2. The first-order chi connectivity index (χ1) is 12.0. The van der Waals surface area contributed by atoms with Crippen LogP contribution in [0.25, 0.3) is 0 Å². The number of carboxylic acids is 1. The van der Waals surface area contributed by atoms with Gasteiger partial charge in [-0.1, -0.05) is 42.5 Å². The van der Waals surface area contributed by atoms with Crippen molar-refractivity contribution in [2.75, 3.05) is 0 Å². The molecule has 2 aromatic carbocycles. The Balaban J connectivity index is 1.67. The fraction of sp³-hybridized carbons (Fsp3) is 0.222. The highest BCUT2D eigenvalue weighted by molar-refractivity contribution is 7.99. The molecule has 0 bridgehead atoms. The van der Waals surface area contributed by atoms with Crippen LogP contribution in [-0.2, 0) is 10.5 Å². The van der Waals surface area contributed by atoms with Gasteiger partial charge in [-0.15, -0.1) is 23.4 Å². The van der Waals surface area contributed by atoms with Gasteiger partial charge < -0.3 is 10.4 Å². The Labute approximate surface area is 154 Å². The van der Waals surface area contributed by atoms with Gasteiger partial charge in [-0.25, -0.2) is 4.79 Å². The second-order valence-corrected chi connectivity index (χ2v) is 7.23. The van der Waals surface area contributed by atoms with Gasteiger partial charge in [0.25, 0.3) is 0 Å². The maximum atomic E-state index is 12.2. The number of halogens is 1. The molecule has 2 aromatic rings. The third-order valence-electron chi connectivity index (χ3n) is 3.90. The molecule has 3 atom stereocenters. The predicted octanol–water partition coefficient (Wildman–Crippen LogP) is 2.97. The summed E-state index contributed by atoms with van der Waals surface area (Å²) in [6, 6.07) is 16.1. The lowest BCUT2D eigenvalue weighted by Crippen LogP contribution is -2.56. The first-order valence-corrected chi connectivity index (χ1v) is 9.22. The highest BCUT2D eigenvalue weighted by Crippen LogP contribution is 2.28. The van der Waals surface area contributed by atoms with Gasteiger partial charge in [0.1, 0.15) is 10.9 Å². The Morgan fingerprint density at radius 1 is 1.16 bits per heavy atom. The second-order valence-electron chi connectivity index (χ2n) is 5.66. The first kappa shape index (κ1) is 17.8. The van der Waals surface area contributed by atoms with E-state index in [0.29, 0.717) is 5.75 Å². The monoisotopic (exact) mass is 376 g/mol. The van der Waals surface area contributed by atoms with Crippen LogP contribution in [0.2, 0.25) is 0 Å². The Bertz CT molecular complexity index is 772. The molecule has 0 spiro atoms. The van der Waals surface area contributed by atoms with E-state index in [4.69, 9.17) is 16.7 Å². The van der Waals surface area contributed by atoms with Crippen molar-refractivity contribution in [2.45, 2.75) is 22.7 Å². The molecule has 0 aliphatic carbocycles. The van der Waals surface area contributed by atoms with Crippen molar-refractivity contribution in [1.29, 1.82) is 0 Å². The molecule has 3 rings (SSSR count). The molecule has 1 aliphatic heterocycles. The minimum absolute atomic E-state index is 0.217. The Kier molecular flexibility index (Phi) is 5.63. The molecule has 3 N–H and O–H groups in total. The average Bonchev–Trinajstić information content (AvgIpc) is 2.63. The Morgan fingerprint density at radius 3 is 2.64 bits per heavy atom. The number of hydrogen-bond acceptors (Lipinski definition) is 4. The number of thioether (sulfide) groups is 1. The summed E-state index contributed by atoms with van der Waals surface area (Å²) in [5, 5.41) is 14.6. The number of rotatable bonds is 5. The van der Waals surface area contributed by atoms with Crippen LogP contribution >= 0.6 is 23.4 Å². The van der Waals surface area contributed by atoms with Crippen LogP contribution in [0.15, 0.2) is 54.6 Å². The Hall–Kier alpha value is -2.02. The van der Waals surface area contributed by atoms with E-state index in [0.717, 1.165) is 11.1 Å². The van der Waals surface area contributed by atoms with Gasteiger partial charge >= 0.3 is 5.97 Å². The van der Waals surface area contributed by atoms with E-state index in [1.54, 1.807) is 18.2 Å². The number of amides is 1. The lowest BCUT2D eigenvalue weighted by molar-refractivity contribution is -0.123. The second kappa shape index (κ2) is 7.91. The molecular formula is C18H17ClN2O3S. The van der Waals surface area contributed by atoms with Crippen molar-refractivity contribution in [3.8, 4) is 0 Å². The summed E-state index contributed by atoms with van der Waals surface area (Å²) in [6.45, 7) is 0. The van der Waals surface area contributed by atoms with Crippen molar-refractivity contribution >= 4 is 35.2 Å². The number of carbonyl (C=O) groups excluding carboxylic acids is 1. The van der Waals surface area contributed by atoms with Crippen LogP contribution in [0.4, 0.5) is 0 Å². The maximum absolute atomic E-state index is 12.2. The van der Waals surface area contributed by atoms with Crippen LogP contribution in [0.3, 0.4) is 0 Å². The van der Waals surface area contributed by atoms with Crippen LogP contribution in [0.1, 0.15) is 27.5 Å². The van der Waals surface area contributed by atoms with Crippen LogP contribution in [0.5, 0.6) is 0 Å². The number of aromatic carboxylic acids is 1. The number of carbonyl (C=O) groups is 2. The van der Waals surface area contributed by atoms with E-state index < -0.39 is 11.3 Å². The summed E-state index contributed by atoms with van der Waals surface area (Å²) in [6.07, 6.45) is 0. The molecule has 1 amide bonds. The number of benzene rings is 2. The highest BCUT2D eigenvalue weighted by atomic mass is 35.5. The summed E-state index contributed by atoms with van der Waals surface area (Å²) >= 11 is 7.74. The third-order valence-corrected chi connectivity index (χ3v) is 5.43. The van der Waals surface area contributed by atoms with Crippen molar-refractivity contribution in [1.82, 2.24) is 10.6 Å². The molecule has 1 saturated heterocycles. The molecule has 5 nitrogen and oxygen atoms in total. The molecule has 0 radical (unpaired) electrons. The van der Waals surface area contributed by atoms with Crippen LogP contribution in [-0.4, -0.2) is 27.9 Å². The molecule has 0 aromatic heterocycles. The van der Waals surface area contributed by atoms with Crippen molar-refractivity contribution < 1.29 is 14.7 Å². The van der Waals surface area contributed by atoms with E-state index in [1.165, 1.54) is 11.8 Å². The van der Waals surface area contributed by atoms with Gasteiger partial charge in [0.05, 0.1) is 11.6 Å². The van der Waals surface area contributed by atoms with Crippen molar-refractivity contribution in [3.63, 3.8) is 0 Å². The Morgan fingerprint density at radius 2 is 1.92 bits per heavy atom. The van der Waals surface area contributed by atoms with Gasteiger partial charge in [0.2, 0.25) is 5.91 Å². The normalized spacial score (nSPS) is 23.1. The molecule has 7 heteroatoms. The van der Waals surface area contributed by atoms with E-state index >= 15 is 0 Å². The van der Waals surface area contributed by atoms with Crippen molar-refractivity contribution in [2.24, 2.45) is 0 Å². The number of nitrogens with one attached hydrogen (secondary N) is 2. The fourth-order valence-electron chi connectivity index (χ4n) is 2.64. The molecule has 1 heterocycles. The lowest BCUT2D eigenvalue weighted by Gasteiger charge is -2.34. The minimum atomic E-state index is -0.954. The molecule has 0 saturated carbocycles. The lowest BCUT2D eigenvalue weighted by atomic mass is 10.0. The fourth-order valence-corrected chi connectivity index (χ4v) is 3.90. The van der Waals surface area contributed by atoms with Crippen LogP contribution < -0.4 is 10.6 Å². The summed E-state index contributed by atoms with van der Waals surface area (Å²) in [5.41, 5.74) is 1.78. The van der Waals surface area contributed by atoms with E-state index in [9.17, 15) is 9.59 Å². The van der Waals surface area contributed by atoms with E-state index in [2.05, 4.69) is 10.6 Å². The SMILES string of the molecule is O=C(O)c1cccc(CSC2NC(=O)C(Cl)C(c3ccccc3)N2)c1. The highest BCUT2D eigenvalue weighted by Gasteiger charge is 2.35. The van der Waals surface area contributed by atoms with Gasteiger partial charge in [0, 0.05) is 5.75 Å². The minimum Gasteiger partial charge on any atom is -0.478 e. The summed E-state index contributed by atoms with van der Waals surface area (Å²) in [5.74, 6) is -0.607. The maximum Gasteiger partial charge on any atom is 0.335 e. The molecule has 25 heavy (non-hydrogen) atoms. The van der Waals surface area contributed by atoms with Gasteiger partial charge in [-0.2, -0.15) is 0 Å². The van der Waals surface area contributed by atoms with E-state index in [-0.39, 0.29) is 23.0 Å². The smallest absolute Gasteiger partial charge is 0.335 e. The molecule has 1 fully saturated rings. The largest absolute Gasteiger partial charge is 0.478 e. The zero-order chi connectivity index (χ0) is 17.8. The standard InChI is InChI=1S/C18H17ClN2O3S/c19-14-15(12-6-2-1-3-7-12)20-18(21-16(14)22)25-10-11-5-4-8-13(9-11)17(23)24/h1-9,14-15,18,20H,10H2,(H,21,22)(H,23,24). The molecule has 1 aliphatic rings. The first-order valence-electron chi connectivity index (χ1n) is 7.74. The molecule has 3 unspecified atom stereocenters. The molecular weight excluding hydrogens is 360 g/mol. The van der Waals surface area contributed by atoms with Gasteiger partial charge in [-0.3, -0.25) is 10.1 Å². The van der Waals surface area contributed by atoms with Crippen LogP contribution in [0, 0.1) is 0 Å². The van der Waals surface area contributed by atoms with E-state index in [1.807, 2.05) is 36.4 Å². The summed E-state index contributed by atoms with van der Waals surface area (Å²) < 4.78 is 0. The number of carboxylic acid groups (broad SMARTS) is 1. The topological polar surface area (TPSA) is 78.4 Å². The predicted molar refractivity (Wildman–Crippen MR) is 98.6 cm³/mol. The molecule has 130 valence electrons. The summed E-state index contributed by atoms with van der Waals surface area (Å²) in [4.78, 5) is 23.2. The number of hydrogen-bond donors (Lipinski definition) is 3. The quantitative estimate of drug-likeness (QED) is 0.699. The van der Waals surface area contributed by atoms with Crippen molar-refractivity contribution in [3.05, 3.63) is 71.3 Å². The zero-order valence-corrected chi connectivity index (χ0v) is 14.8. The third kappa shape index (κ3) is 4.34. The number of alkyl halides is 1. The average molecular weight is 377 g/mol.